The van der Waals surface area contributed by atoms with Crippen molar-refractivity contribution in [3.63, 3.8) is 0 Å². The van der Waals surface area contributed by atoms with Gasteiger partial charge in [-0.3, -0.25) is 9.69 Å². The van der Waals surface area contributed by atoms with Crippen LogP contribution in [0.4, 0.5) is 18.9 Å². The van der Waals surface area contributed by atoms with Gasteiger partial charge in [-0.05, 0) is 43.3 Å². The van der Waals surface area contributed by atoms with Crippen LogP contribution in [-0.4, -0.2) is 55.6 Å². The number of halogens is 3. The van der Waals surface area contributed by atoms with Gasteiger partial charge in [-0.2, -0.15) is 18.4 Å². The third-order valence-corrected chi connectivity index (χ3v) is 13.5. The number of amides is 1. The van der Waals surface area contributed by atoms with Crippen molar-refractivity contribution in [2.24, 2.45) is 11.8 Å². The Kier molecular flexibility index (Phi) is 5.38. The van der Waals surface area contributed by atoms with Crippen LogP contribution >= 0.6 is 0 Å². The molecule has 0 saturated carbocycles. The molecule has 1 amide bonds. The molecule has 0 aliphatic carbocycles. The van der Waals surface area contributed by atoms with Gasteiger partial charge in [0.05, 0.1) is 35.6 Å². The van der Waals surface area contributed by atoms with E-state index in [1.165, 1.54) is 11.0 Å². The first-order valence-electron chi connectivity index (χ1n) is 12.1. The van der Waals surface area contributed by atoms with Crippen molar-refractivity contribution in [2.45, 2.75) is 88.1 Å². The SMILES string of the molecule is CC(C)(C)[Si](C)(C)O[C@@H]1[C@@H](O)[C@]23CCO[C@@H]4[C@H]2[C@@H](C(=O)N4c2ccc(C#N)c(C(F)(F)F)c2)[C@@]1(C)O3. The highest BCUT2D eigenvalue weighted by Gasteiger charge is 2.82. The van der Waals surface area contributed by atoms with E-state index in [0.717, 1.165) is 12.1 Å². The van der Waals surface area contributed by atoms with Crippen LogP contribution in [0.15, 0.2) is 18.2 Å². The minimum absolute atomic E-state index is 0.00197. The molecule has 0 aromatic heterocycles. The van der Waals surface area contributed by atoms with Gasteiger partial charge in [0.15, 0.2) is 8.32 Å². The molecule has 4 aliphatic rings. The molecule has 196 valence electrons. The number of carbonyl (C=O) groups is 1. The van der Waals surface area contributed by atoms with Gasteiger partial charge >= 0.3 is 6.18 Å². The smallest absolute Gasteiger partial charge is 0.408 e. The summed E-state index contributed by atoms with van der Waals surface area (Å²) in [6, 6.07) is 4.80. The highest BCUT2D eigenvalue weighted by molar-refractivity contribution is 6.74. The number of aliphatic hydroxyl groups excluding tert-OH is 1. The van der Waals surface area contributed by atoms with Crippen LogP contribution < -0.4 is 4.90 Å². The number of hydrogen-bond acceptors (Lipinski definition) is 6. The van der Waals surface area contributed by atoms with E-state index in [1.54, 1.807) is 13.0 Å². The zero-order valence-electron chi connectivity index (χ0n) is 21.1. The average Bonchev–Trinajstić information content (AvgIpc) is 3.30. The Bertz CT molecular complexity index is 1160. The van der Waals surface area contributed by atoms with Crippen molar-refractivity contribution in [1.82, 2.24) is 0 Å². The highest BCUT2D eigenvalue weighted by atomic mass is 28.4. The summed E-state index contributed by atoms with van der Waals surface area (Å²) in [5.74, 6) is -1.75. The van der Waals surface area contributed by atoms with Gasteiger partial charge < -0.3 is 19.0 Å². The van der Waals surface area contributed by atoms with Crippen LogP contribution in [-0.2, 0) is 24.9 Å². The van der Waals surface area contributed by atoms with Crippen molar-refractivity contribution in [1.29, 1.82) is 5.26 Å². The minimum Gasteiger partial charge on any atom is -0.408 e. The van der Waals surface area contributed by atoms with Gasteiger partial charge in [0.2, 0.25) is 5.91 Å². The average molecular weight is 525 g/mol. The zero-order chi connectivity index (χ0) is 26.6. The Morgan fingerprint density at radius 2 is 1.94 bits per heavy atom. The largest absolute Gasteiger partial charge is 0.417 e. The van der Waals surface area contributed by atoms with E-state index in [0.29, 0.717) is 6.42 Å². The molecule has 4 aliphatic heterocycles. The summed E-state index contributed by atoms with van der Waals surface area (Å²) in [6.45, 7) is 12.3. The van der Waals surface area contributed by atoms with E-state index in [4.69, 9.17) is 13.9 Å². The fourth-order valence-corrected chi connectivity index (χ4v) is 7.68. The third kappa shape index (κ3) is 3.21. The van der Waals surface area contributed by atoms with E-state index in [2.05, 4.69) is 33.9 Å². The summed E-state index contributed by atoms with van der Waals surface area (Å²) in [7, 11) is -2.38. The van der Waals surface area contributed by atoms with E-state index in [1.807, 2.05) is 0 Å². The summed E-state index contributed by atoms with van der Waals surface area (Å²) >= 11 is 0. The number of nitriles is 1. The van der Waals surface area contributed by atoms with Crippen molar-refractivity contribution < 1.29 is 37.0 Å². The molecular formula is C25H31F3N2O5Si. The predicted octanol–water partition coefficient (Wildman–Crippen LogP) is 4.20. The molecule has 1 aromatic rings. The maximum absolute atomic E-state index is 13.9. The Morgan fingerprint density at radius 1 is 1.28 bits per heavy atom. The molecule has 4 fully saturated rings. The topological polar surface area (TPSA) is 92.0 Å². The Balaban J connectivity index is 1.58. The molecule has 1 spiro atoms. The van der Waals surface area contributed by atoms with E-state index in [9.17, 15) is 28.3 Å². The fraction of sp³-hybridized carbons (Fsp3) is 0.680. The summed E-state index contributed by atoms with van der Waals surface area (Å²) in [5, 5.41) is 20.6. The second-order valence-electron chi connectivity index (χ2n) is 12.0. The Hall–Kier alpha value is -1.97. The quantitative estimate of drug-likeness (QED) is 0.596. The lowest BCUT2D eigenvalue weighted by molar-refractivity contribution is -0.165. The molecule has 11 heteroatoms. The van der Waals surface area contributed by atoms with Gasteiger partial charge in [0.1, 0.15) is 29.6 Å². The van der Waals surface area contributed by atoms with Crippen molar-refractivity contribution in [3.8, 4) is 6.07 Å². The lowest BCUT2D eigenvalue weighted by Gasteiger charge is -2.48. The number of nitrogens with zero attached hydrogens (tertiary/aromatic N) is 2. The standard InChI is InChI=1S/C25H31F3N2O5Si/c1-22(2,3)36(5,6)34-19-18(31)24-9-10-33-21-17(24)16(23(19,4)35-24)20(32)30(21)14-8-7-13(12-29)15(11-14)25(26,27)28/h7-8,11,16-19,21,31H,9-10H2,1-6H3/t16-,17+,18+,19+,21+,23+,24-/m0/s1. The number of fused-ring (bicyclic) bond motifs is 2. The zero-order valence-corrected chi connectivity index (χ0v) is 22.1. The number of anilines is 1. The number of hydrogen-bond donors (Lipinski definition) is 1. The molecule has 0 unspecified atom stereocenters. The van der Waals surface area contributed by atoms with Crippen LogP contribution in [0.5, 0.6) is 0 Å². The van der Waals surface area contributed by atoms with Gasteiger partial charge in [-0.25, -0.2) is 0 Å². The van der Waals surface area contributed by atoms with E-state index in [-0.39, 0.29) is 17.3 Å². The van der Waals surface area contributed by atoms with Crippen LogP contribution in [0.1, 0.15) is 45.2 Å². The van der Waals surface area contributed by atoms with Crippen LogP contribution in [0.25, 0.3) is 0 Å². The molecule has 36 heavy (non-hydrogen) atoms. The van der Waals surface area contributed by atoms with Crippen LogP contribution in [0.2, 0.25) is 18.1 Å². The molecule has 0 radical (unpaired) electrons. The lowest BCUT2D eigenvalue weighted by atomic mass is 9.63. The molecular weight excluding hydrogens is 493 g/mol. The molecule has 4 saturated heterocycles. The van der Waals surface area contributed by atoms with Gasteiger partial charge in [0.25, 0.3) is 0 Å². The second-order valence-corrected chi connectivity index (χ2v) is 16.8. The van der Waals surface area contributed by atoms with Gasteiger partial charge in [-0.15, -0.1) is 0 Å². The molecule has 1 N–H and O–H groups in total. The van der Waals surface area contributed by atoms with Crippen molar-refractivity contribution in [2.75, 3.05) is 11.5 Å². The summed E-state index contributed by atoms with van der Waals surface area (Å²) < 4.78 is 60.2. The lowest BCUT2D eigenvalue weighted by Crippen LogP contribution is -2.64. The first-order chi connectivity index (χ1) is 16.5. The number of benzene rings is 1. The van der Waals surface area contributed by atoms with Gasteiger partial charge in [-0.1, -0.05) is 20.8 Å². The number of ether oxygens (including phenoxy) is 2. The Labute approximate surface area is 209 Å². The predicted molar refractivity (Wildman–Crippen MR) is 125 cm³/mol. The number of alkyl halides is 3. The molecule has 7 nitrogen and oxygen atoms in total. The van der Waals surface area contributed by atoms with Gasteiger partial charge in [0, 0.05) is 12.1 Å². The summed E-state index contributed by atoms with van der Waals surface area (Å²) in [5.41, 5.74) is -3.90. The normalized spacial score (nSPS) is 37.9. The summed E-state index contributed by atoms with van der Waals surface area (Å²) in [6.07, 6.45) is -7.07. The maximum atomic E-state index is 13.9. The van der Waals surface area contributed by atoms with Crippen LogP contribution in [0, 0.1) is 23.2 Å². The van der Waals surface area contributed by atoms with Crippen LogP contribution in [0.3, 0.4) is 0 Å². The summed E-state index contributed by atoms with van der Waals surface area (Å²) in [4.78, 5) is 15.2. The van der Waals surface area contributed by atoms with E-state index < -0.39 is 73.0 Å². The first kappa shape index (κ1) is 25.7. The second kappa shape index (κ2) is 7.54. The molecule has 7 atom stereocenters. The molecule has 4 heterocycles. The maximum Gasteiger partial charge on any atom is 0.417 e. The number of rotatable bonds is 3. The minimum atomic E-state index is -4.76. The number of carbonyl (C=O) groups excluding carboxylic acids is 1. The third-order valence-electron chi connectivity index (χ3n) is 9.08. The van der Waals surface area contributed by atoms with Crippen molar-refractivity contribution >= 4 is 19.9 Å². The number of aliphatic hydroxyl groups is 1. The fourth-order valence-electron chi connectivity index (χ4n) is 6.33. The first-order valence-corrected chi connectivity index (χ1v) is 15.0. The Morgan fingerprint density at radius 3 is 2.53 bits per heavy atom. The molecule has 5 rings (SSSR count). The molecule has 1 aromatic carbocycles. The van der Waals surface area contributed by atoms with E-state index >= 15 is 0 Å². The highest BCUT2D eigenvalue weighted by Crippen LogP contribution is 2.66. The monoisotopic (exact) mass is 524 g/mol. The van der Waals surface area contributed by atoms with Crippen molar-refractivity contribution in [3.05, 3.63) is 29.3 Å². The molecule has 2 bridgehead atoms.